The Hall–Kier alpha value is -1.06. The molecule has 0 spiro atoms. The van der Waals surface area contributed by atoms with Gasteiger partial charge in [-0.3, -0.25) is 0 Å². The van der Waals surface area contributed by atoms with E-state index in [1.807, 2.05) is 0 Å². The fourth-order valence-electron chi connectivity index (χ4n) is 1.71. The van der Waals surface area contributed by atoms with E-state index in [0.717, 1.165) is 19.5 Å². The van der Waals surface area contributed by atoms with Gasteiger partial charge in [-0.05, 0) is 17.5 Å². The molecule has 1 heterocycles. The van der Waals surface area contributed by atoms with E-state index in [1.54, 1.807) is 7.11 Å². The average molecular weight is 178 g/mol. The first-order valence-corrected chi connectivity index (χ1v) is 4.52. The zero-order valence-electron chi connectivity index (χ0n) is 7.76. The summed E-state index contributed by atoms with van der Waals surface area (Å²) in [5.41, 5.74) is 6.83. The second kappa shape index (κ2) is 3.77. The Bertz CT molecular complexity index is 299. The summed E-state index contributed by atoms with van der Waals surface area (Å²) in [7, 11) is 1.64. The molecule has 0 bridgehead atoms. The van der Waals surface area contributed by atoms with Gasteiger partial charge in [0.15, 0.2) is 0 Å². The Morgan fingerprint density at radius 3 is 3.31 bits per heavy atom. The summed E-state index contributed by atoms with van der Waals surface area (Å²) < 4.78 is 0. The van der Waals surface area contributed by atoms with Crippen LogP contribution in [0.2, 0.25) is 0 Å². The molecule has 3 nitrogen and oxygen atoms in total. The summed E-state index contributed by atoms with van der Waals surface area (Å²) in [5.74, 6) is 0. The fraction of sp³-hybridized carbons (Fsp3) is 0.400. The van der Waals surface area contributed by atoms with Gasteiger partial charge in [-0.25, -0.2) is 0 Å². The third-order valence-corrected chi connectivity index (χ3v) is 2.34. The number of nitrogens with one attached hydrogen (secondary N) is 2. The maximum absolute atomic E-state index is 4.83. The Balaban J connectivity index is 2.20. The molecule has 0 aromatic heterocycles. The van der Waals surface area contributed by atoms with E-state index in [4.69, 9.17) is 4.84 Å². The largest absolute Gasteiger partial charge is 0.384 e. The van der Waals surface area contributed by atoms with Crippen LogP contribution in [0.3, 0.4) is 0 Å². The number of hydrogen-bond acceptors (Lipinski definition) is 3. The van der Waals surface area contributed by atoms with Crippen molar-refractivity contribution in [2.24, 2.45) is 0 Å². The SMILES string of the molecule is CONCc1cccc2c1NCC2. The van der Waals surface area contributed by atoms with Crippen LogP contribution in [0.4, 0.5) is 5.69 Å². The van der Waals surface area contributed by atoms with Crippen molar-refractivity contribution in [3.63, 3.8) is 0 Å². The minimum absolute atomic E-state index is 0.757. The standard InChI is InChI=1S/C10H14N2O/c1-13-12-7-9-4-2-3-8-5-6-11-10(8)9/h2-4,11-12H,5-7H2,1H3. The molecular formula is C10H14N2O. The normalized spacial score (nSPS) is 13.9. The van der Waals surface area contributed by atoms with Crippen molar-refractivity contribution in [2.75, 3.05) is 19.0 Å². The molecule has 0 saturated carbocycles. The lowest BCUT2D eigenvalue weighted by Crippen LogP contribution is -2.12. The van der Waals surface area contributed by atoms with E-state index < -0.39 is 0 Å². The predicted octanol–water partition coefficient (Wildman–Crippen LogP) is 1.31. The summed E-state index contributed by atoms with van der Waals surface area (Å²) in [5, 5.41) is 3.38. The van der Waals surface area contributed by atoms with E-state index in [0.29, 0.717) is 0 Å². The predicted molar refractivity (Wildman–Crippen MR) is 52.5 cm³/mol. The molecule has 2 rings (SSSR count). The maximum Gasteiger partial charge on any atom is 0.0572 e. The van der Waals surface area contributed by atoms with Gasteiger partial charge in [0.1, 0.15) is 0 Å². The summed E-state index contributed by atoms with van der Waals surface area (Å²) in [4.78, 5) is 4.83. The first-order chi connectivity index (χ1) is 6.42. The van der Waals surface area contributed by atoms with Gasteiger partial charge >= 0.3 is 0 Å². The molecule has 0 unspecified atom stereocenters. The Kier molecular flexibility index (Phi) is 2.47. The molecule has 1 aliphatic rings. The number of anilines is 1. The number of hydroxylamine groups is 1. The van der Waals surface area contributed by atoms with Crippen LogP contribution in [0, 0.1) is 0 Å². The molecular weight excluding hydrogens is 164 g/mol. The first kappa shape index (κ1) is 8.53. The number of benzene rings is 1. The third kappa shape index (κ3) is 1.66. The Morgan fingerprint density at radius 2 is 2.46 bits per heavy atom. The van der Waals surface area contributed by atoms with Crippen molar-refractivity contribution in [2.45, 2.75) is 13.0 Å². The molecule has 70 valence electrons. The molecule has 0 radical (unpaired) electrons. The Morgan fingerprint density at radius 1 is 1.54 bits per heavy atom. The van der Waals surface area contributed by atoms with Crippen LogP contribution < -0.4 is 10.8 Å². The maximum atomic E-state index is 4.83. The summed E-state index contributed by atoms with van der Waals surface area (Å²) in [6.45, 7) is 1.81. The molecule has 0 atom stereocenters. The molecule has 2 N–H and O–H groups in total. The van der Waals surface area contributed by atoms with Crippen LogP contribution in [0.1, 0.15) is 11.1 Å². The molecule has 1 aromatic rings. The quantitative estimate of drug-likeness (QED) is 0.684. The van der Waals surface area contributed by atoms with Crippen LogP contribution in [0.15, 0.2) is 18.2 Å². The van der Waals surface area contributed by atoms with Crippen LogP contribution in [0.5, 0.6) is 0 Å². The number of fused-ring (bicyclic) bond motifs is 1. The highest BCUT2D eigenvalue weighted by Gasteiger charge is 2.12. The Labute approximate surface area is 78.1 Å². The zero-order chi connectivity index (χ0) is 9.10. The number of para-hydroxylation sites is 1. The highest BCUT2D eigenvalue weighted by molar-refractivity contribution is 5.61. The highest BCUT2D eigenvalue weighted by Crippen LogP contribution is 2.25. The summed E-state index contributed by atoms with van der Waals surface area (Å²) in [6, 6.07) is 6.38. The van der Waals surface area contributed by atoms with E-state index in [-0.39, 0.29) is 0 Å². The van der Waals surface area contributed by atoms with Crippen molar-refractivity contribution in [3.8, 4) is 0 Å². The van der Waals surface area contributed by atoms with Gasteiger partial charge in [0.05, 0.1) is 7.11 Å². The topological polar surface area (TPSA) is 33.3 Å². The van der Waals surface area contributed by atoms with Crippen molar-refractivity contribution >= 4 is 5.69 Å². The van der Waals surface area contributed by atoms with Gasteiger partial charge in [0.2, 0.25) is 0 Å². The van der Waals surface area contributed by atoms with Gasteiger partial charge in [-0.15, -0.1) is 0 Å². The third-order valence-electron chi connectivity index (χ3n) is 2.34. The zero-order valence-corrected chi connectivity index (χ0v) is 7.76. The average Bonchev–Trinajstić information content (AvgIpc) is 2.62. The van der Waals surface area contributed by atoms with E-state index in [9.17, 15) is 0 Å². The second-order valence-electron chi connectivity index (χ2n) is 3.15. The van der Waals surface area contributed by atoms with Crippen molar-refractivity contribution in [1.29, 1.82) is 0 Å². The molecule has 3 heteroatoms. The highest BCUT2D eigenvalue weighted by atomic mass is 16.6. The molecule has 1 aliphatic heterocycles. The molecule has 1 aromatic carbocycles. The summed E-state index contributed by atoms with van der Waals surface area (Å²) >= 11 is 0. The van der Waals surface area contributed by atoms with Crippen LogP contribution in [0.25, 0.3) is 0 Å². The van der Waals surface area contributed by atoms with Crippen molar-refractivity contribution < 1.29 is 4.84 Å². The number of rotatable bonds is 3. The molecule has 0 fully saturated rings. The van der Waals surface area contributed by atoms with E-state index >= 15 is 0 Å². The van der Waals surface area contributed by atoms with Gasteiger partial charge in [0.25, 0.3) is 0 Å². The van der Waals surface area contributed by atoms with Crippen LogP contribution in [-0.4, -0.2) is 13.7 Å². The van der Waals surface area contributed by atoms with Gasteiger partial charge in [-0.2, -0.15) is 5.48 Å². The lowest BCUT2D eigenvalue weighted by atomic mass is 10.1. The second-order valence-corrected chi connectivity index (χ2v) is 3.15. The van der Waals surface area contributed by atoms with Crippen LogP contribution in [-0.2, 0) is 17.8 Å². The van der Waals surface area contributed by atoms with Crippen molar-refractivity contribution in [1.82, 2.24) is 5.48 Å². The molecule has 0 aliphatic carbocycles. The smallest absolute Gasteiger partial charge is 0.0572 e. The van der Waals surface area contributed by atoms with Crippen LogP contribution >= 0.6 is 0 Å². The summed E-state index contributed by atoms with van der Waals surface area (Å²) in [6.07, 6.45) is 1.14. The molecule has 0 amide bonds. The molecule has 13 heavy (non-hydrogen) atoms. The monoisotopic (exact) mass is 178 g/mol. The number of hydrogen-bond donors (Lipinski definition) is 2. The van der Waals surface area contributed by atoms with E-state index in [1.165, 1.54) is 16.8 Å². The van der Waals surface area contributed by atoms with Gasteiger partial charge in [0, 0.05) is 18.8 Å². The minimum Gasteiger partial charge on any atom is -0.384 e. The first-order valence-electron chi connectivity index (χ1n) is 4.52. The van der Waals surface area contributed by atoms with E-state index in [2.05, 4.69) is 29.0 Å². The fourth-order valence-corrected chi connectivity index (χ4v) is 1.71. The lowest BCUT2D eigenvalue weighted by molar-refractivity contribution is 0.0868. The van der Waals surface area contributed by atoms with Crippen molar-refractivity contribution in [3.05, 3.63) is 29.3 Å². The minimum atomic E-state index is 0.757. The molecule has 0 saturated heterocycles. The van der Waals surface area contributed by atoms with Gasteiger partial charge in [-0.1, -0.05) is 18.2 Å². The van der Waals surface area contributed by atoms with Gasteiger partial charge < -0.3 is 10.2 Å². The lowest BCUT2D eigenvalue weighted by Gasteiger charge is -2.08.